The smallest absolute Gasteiger partial charge is 0.251 e. The zero-order chi connectivity index (χ0) is 20.1. The van der Waals surface area contributed by atoms with Crippen molar-refractivity contribution >= 4 is 39.1 Å². The molecule has 1 aliphatic rings. The van der Waals surface area contributed by atoms with Gasteiger partial charge in [0.1, 0.15) is 4.90 Å². The van der Waals surface area contributed by atoms with Crippen LogP contribution >= 0.6 is 23.2 Å². The Morgan fingerprint density at radius 2 is 1.71 bits per heavy atom. The fourth-order valence-electron chi connectivity index (χ4n) is 3.19. The van der Waals surface area contributed by atoms with E-state index in [0.29, 0.717) is 18.1 Å². The molecule has 0 aliphatic carbocycles. The molecule has 0 atom stereocenters. The van der Waals surface area contributed by atoms with Gasteiger partial charge in [0.25, 0.3) is 5.91 Å². The molecule has 1 saturated heterocycles. The molecule has 0 radical (unpaired) electrons. The van der Waals surface area contributed by atoms with Crippen LogP contribution in [0.15, 0.2) is 47.4 Å². The second-order valence-electron chi connectivity index (χ2n) is 6.78. The van der Waals surface area contributed by atoms with Crippen LogP contribution in [0.3, 0.4) is 0 Å². The highest BCUT2D eigenvalue weighted by Crippen LogP contribution is 2.27. The zero-order valence-electron chi connectivity index (χ0n) is 15.3. The molecule has 0 aromatic heterocycles. The third kappa shape index (κ3) is 5.06. The summed E-state index contributed by atoms with van der Waals surface area (Å²) in [6, 6.07) is 11.5. The standard InChI is InChI=1S/C20H22Cl2N2O3S/c21-17-7-5-6-15(12-17)14-23-20(25)16-8-9-18(22)19(13-16)28(26,27)24-10-3-1-2-4-11-24/h5-9,12-13H,1-4,10-11,14H2,(H,23,25). The Morgan fingerprint density at radius 3 is 2.39 bits per heavy atom. The summed E-state index contributed by atoms with van der Waals surface area (Å²) in [6.07, 6.45) is 3.70. The van der Waals surface area contributed by atoms with Gasteiger partial charge in [0.15, 0.2) is 0 Å². The van der Waals surface area contributed by atoms with Crippen molar-refractivity contribution in [2.24, 2.45) is 0 Å². The van der Waals surface area contributed by atoms with E-state index < -0.39 is 10.0 Å². The van der Waals surface area contributed by atoms with Crippen molar-refractivity contribution < 1.29 is 13.2 Å². The predicted octanol–water partition coefficient (Wildman–Crippen LogP) is 4.49. The van der Waals surface area contributed by atoms with E-state index >= 15 is 0 Å². The molecular weight excluding hydrogens is 419 g/mol. The van der Waals surface area contributed by atoms with Gasteiger partial charge in [0.05, 0.1) is 5.02 Å². The summed E-state index contributed by atoms with van der Waals surface area (Å²) < 4.78 is 27.6. The lowest BCUT2D eigenvalue weighted by atomic mass is 10.2. The van der Waals surface area contributed by atoms with Crippen LogP contribution in [-0.4, -0.2) is 31.7 Å². The molecule has 28 heavy (non-hydrogen) atoms. The molecule has 1 aliphatic heterocycles. The first kappa shape index (κ1) is 21.1. The summed E-state index contributed by atoms with van der Waals surface area (Å²) in [6.45, 7) is 1.24. The van der Waals surface area contributed by atoms with Crippen LogP contribution in [0.5, 0.6) is 0 Å². The Bertz CT molecular complexity index is 956. The Labute approximate surface area is 175 Å². The van der Waals surface area contributed by atoms with Crippen molar-refractivity contribution in [2.75, 3.05) is 13.1 Å². The SMILES string of the molecule is O=C(NCc1cccc(Cl)c1)c1ccc(Cl)c(S(=O)(=O)N2CCCCCC2)c1. The van der Waals surface area contributed by atoms with Crippen molar-refractivity contribution in [3.8, 4) is 0 Å². The summed E-state index contributed by atoms with van der Waals surface area (Å²) >= 11 is 12.1. The molecule has 8 heteroatoms. The summed E-state index contributed by atoms with van der Waals surface area (Å²) in [5.74, 6) is -0.371. The molecule has 0 spiro atoms. The maximum absolute atomic E-state index is 13.0. The van der Waals surface area contributed by atoms with Crippen molar-refractivity contribution in [3.63, 3.8) is 0 Å². The summed E-state index contributed by atoms with van der Waals surface area (Å²) in [5, 5.41) is 3.49. The Hall–Kier alpha value is -1.60. The minimum Gasteiger partial charge on any atom is -0.348 e. The Morgan fingerprint density at radius 1 is 1.00 bits per heavy atom. The van der Waals surface area contributed by atoms with Crippen LogP contribution in [0.25, 0.3) is 0 Å². The summed E-state index contributed by atoms with van der Waals surface area (Å²) in [5.41, 5.74) is 1.10. The summed E-state index contributed by atoms with van der Waals surface area (Å²) in [7, 11) is -3.74. The first-order valence-corrected chi connectivity index (χ1v) is 11.4. The number of halogens is 2. The minimum absolute atomic E-state index is 0.0218. The molecule has 0 unspecified atom stereocenters. The molecule has 2 aromatic rings. The lowest BCUT2D eigenvalue weighted by Crippen LogP contribution is -2.32. The van der Waals surface area contributed by atoms with Crippen LogP contribution in [0.1, 0.15) is 41.6 Å². The summed E-state index contributed by atoms with van der Waals surface area (Å²) in [4.78, 5) is 12.5. The van der Waals surface area contributed by atoms with Crippen LogP contribution in [-0.2, 0) is 16.6 Å². The van der Waals surface area contributed by atoms with Crippen molar-refractivity contribution in [1.82, 2.24) is 9.62 Å². The van der Waals surface area contributed by atoms with Gasteiger partial charge in [0.2, 0.25) is 10.0 Å². The highest BCUT2D eigenvalue weighted by atomic mass is 35.5. The largest absolute Gasteiger partial charge is 0.348 e. The first-order chi connectivity index (χ1) is 13.4. The van der Waals surface area contributed by atoms with Crippen LogP contribution in [0.2, 0.25) is 10.0 Å². The van der Waals surface area contributed by atoms with Gasteiger partial charge in [-0.3, -0.25) is 4.79 Å². The van der Waals surface area contributed by atoms with Gasteiger partial charge in [-0.05, 0) is 48.7 Å². The van der Waals surface area contributed by atoms with Crippen molar-refractivity contribution in [3.05, 3.63) is 63.6 Å². The number of benzene rings is 2. The highest BCUT2D eigenvalue weighted by Gasteiger charge is 2.28. The van der Waals surface area contributed by atoms with Gasteiger partial charge in [0, 0.05) is 30.2 Å². The van der Waals surface area contributed by atoms with Gasteiger partial charge in [-0.1, -0.05) is 48.2 Å². The third-order valence-electron chi connectivity index (χ3n) is 4.72. The number of hydrogen-bond donors (Lipinski definition) is 1. The lowest BCUT2D eigenvalue weighted by Gasteiger charge is -2.21. The number of sulfonamides is 1. The molecule has 150 valence electrons. The molecule has 5 nitrogen and oxygen atoms in total. The topological polar surface area (TPSA) is 66.5 Å². The number of nitrogens with zero attached hydrogens (tertiary/aromatic N) is 1. The first-order valence-electron chi connectivity index (χ1n) is 9.20. The molecule has 1 fully saturated rings. The average molecular weight is 441 g/mol. The van der Waals surface area contributed by atoms with Gasteiger partial charge in [-0.25, -0.2) is 8.42 Å². The van der Waals surface area contributed by atoms with Crippen LogP contribution in [0.4, 0.5) is 0 Å². The quantitative estimate of drug-likeness (QED) is 0.744. The normalized spacial score (nSPS) is 15.8. The number of rotatable bonds is 5. The molecule has 2 aromatic carbocycles. The number of hydrogen-bond acceptors (Lipinski definition) is 3. The molecule has 1 heterocycles. The van der Waals surface area contributed by atoms with Gasteiger partial charge in [-0.15, -0.1) is 0 Å². The molecule has 0 saturated carbocycles. The Balaban J connectivity index is 1.79. The van der Waals surface area contributed by atoms with E-state index in [9.17, 15) is 13.2 Å². The van der Waals surface area contributed by atoms with E-state index in [1.54, 1.807) is 18.2 Å². The maximum atomic E-state index is 13.0. The maximum Gasteiger partial charge on any atom is 0.251 e. The highest BCUT2D eigenvalue weighted by molar-refractivity contribution is 7.89. The fourth-order valence-corrected chi connectivity index (χ4v) is 5.43. The number of amides is 1. The zero-order valence-corrected chi connectivity index (χ0v) is 17.7. The minimum atomic E-state index is -3.74. The van der Waals surface area contributed by atoms with Gasteiger partial charge >= 0.3 is 0 Å². The van der Waals surface area contributed by atoms with E-state index in [-0.39, 0.29) is 27.9 Å². The number of carbonyl (C=O) groups is 1. The molecular formula is C20H22Cl2N2O3S. The van der Waals surface area contributed by atoms with E-state index in [1.807, 2.05) is 6.07 Å². The predicted molar refractivity (Wildman–Crippen MR) is 111 cm³/mol. The van der Waals surface area contributed by atoms with E-state index in [1.165, 1.54) is 22.5 Å². The number of carbonyl (C=O) groups excluding carboxylic acids is 1. The number of nitrogens with one attached hydrogen (secondary N) is 1. The fraction of sp³-hybridized carbons (Fsp3) is 0.350. The van der Waals surface area contributed by atoms with E-state index in [4.69, 9.17) is 23.2 Å². The Kier molecular flexibility index (Phi) is 6.99. The van der Waals surface area contributed by atoms with Gasteiger partial charge < -0.3 is 5.32 Å². The average Bonchev–Trinajstić information content (AvgIpc) is 2.96. The van der Waals surface area contributed by atoms with E-state index in [2.05, 4.69) is 5.32 Å². The van der Waals surface area contributed by atoms with Crippen LogP contribution in [0, 0.1) is 0 Å². The van der Waals surface area contributed by atoms with E-state index in [0.717, 1.165) is 31.2 Å². The monoisotopic (exact) mass is 440 g/mol. The lowest BCUT2D eigenvalue weighted by molar-refractivity contribution is 0.0950. The second-order valence-corrected chi connectivity index (χ2v) is 9.53. The van der Waals surface area contributed by atoms with Crippen LogP contribution < -0.4 is 5.32 Å². The van der Waals surface area contributed by atoms with Crippen molar-refractivity contribution in [1.29, 1.82) is 0 Å². The van der Waals surface area contributed by atoms with Crippen molar-refractivity contribution in [2.45, 2.75) is 37.1 Å². The molecule has 3 rings (SSSR count). The van der Waals surface area contributed by atoms with Gasteiger partial charge in [-0.2, -0.15) is 4.31 Å². The molecule has 1 amide bonds. The molecule has 0 bridgehead atoms. The molecule has 1 N–H and O–H groups in total. The third-order valence-corrected chi connectivity index (χ3v) is 7.33. The second kappa shape index (κ2) is 9.27.